The Bertz CT molecular complexity index is 442. The second kappa shape index (κ2) is 3.35. The zero-order chi connectivity index (χ0) is 11.4. The molecule has 90 valence electrons. The number of alkyl halides is 1. The van der Waals surface area contributed by atoms with Gasteiger partial charge in [0.2, 0.25) is 0 Å². The number of hydrogen-bond donors (Lipinski definition) is 0. The summed E-state index contributed by atoms with van der Waals surface area (Å²) in [5.41, 5.74) is 0.0291. The lowest BCUT2D eigenvalue weighted by molar-refractivity contribution is 0.0667. The molecule has 0 aromatic carbocycles. The molecule has 1 saturated carbocycles. The maximum atomic E-state index is 12.0. The van der Waals surface area contributed by atoms with Gasteiger partial charge < -0.3 is 0 Å². The maximum absolute atomic E-state index is 12.0. The minimum absolute atomic E-state index is 0.0195. The SMILES string of the molecule is O=S1(=O)C[C@]23C=C[C@@H](Br)C[C@]2(CCCC3)C1. The Morgan fingerprint density at radius 1 is 1.19 bits per heavy atom. The number of allylic oxidation sites excluding steroid dienone is 2. The summed E-state index contributed by atoms with van der Waals surface area (Å²) in [5, 5.41) is 0. The van der Waals surface area contributed by atoms with Gasteiger partial charge in [0.25, 0.3) is 0 Å². The molecule has 2 fully saturated rings. The monoisotopic (exact) mass is 304 g/mol. The highest BCUT2D eigenvalue weighted by molar-refractivity contribution is 9.09. The molecule has 0 N–H and O–H groups in total. The fraction of sp³-hybridized carbons (Fsp3) is 0.833. The lowest BCUT2D eigenvalue weighted by Crippen LogP contribution is -2.46. The van der Waals surface area contributed by atoms with E-state index in [2.05, 4.69) is 28.1 Å². The van der Waals surface area contributed by atoms with Crippen molar-refractivity contribution in [3.63, 3.8) is 0 Å². The van der Waals surface area contributed by atoms with Crippen molar-refractivity contribution in [1.29, 1.82) is 0 Å². The van der Waals surface area contributed by atoms with Gasteiger partial charge in [-0.3, -0.25) is 0 Å². The molecule has 1 saturated heterocycles. The summed E-state index contributed by atoms with van der Waals surface area (Å²) in [5.74, 6) is 0.822. The van der Waals surface area contributed by atoms with Crippen LogP contribution in [-0.2, 0) is 9.84 Å². The Hall–Kier alpha value is 0.170. The van der Waals surface area contributed by atoms with Crippen molar-refractivity contribution in [3.8, 4) is 0 Å². The number of halogens is 1. The van der Waals surface area contributed by atoms with Crippen molar-refractivity contribution in [3.05, 3.63) is 12.2 Å². The lowest BCUT2D eigenvalue weighted by Gasteiger charge is -2.50. The first-order valence-electron chi connectivity index (χ1n) is 6.01. The normalized spacial score (nSPS) is 49.7. The number of rotatable bonds is 0. The molecule has 0 radical (unpaired) electrons. The van der Waals surface area contributed by atoms with Gasteiger partial charge in [0.1, 0.15) is 0 Å². The fourth-order valence-corrected chi connectivity index (χ4v) is 7.72. The molecular weight excluding hydrogens is 288 g/mol. The first-order chi connectivity index (χ1) is 7.47. The van der Waals surface area contributed by atoms with Crippen LogP contribution in [0, 0.1) is 10.8 Å². The molecule has 3 atom stereocenters. The zero-order valence-electron chi connectivity index (χ0n) is 9.28. The highest BCUT2D eigenvalue weighted by Gasteiger charge is 2.61. The first-order valence-corrected chi connectivity index (χ1v) is 8.75. The van der Waals surface area contributed by atoms with E-state index in [1.165, 1.54) is 12.8 Å². The summed E-state index contributed by atoms with van der Waals surface area (Å²) < 4.78 is 24.0. The molecular formula is C12H17BrO2S. The van der Waals surface area contributed by atoms with E-state index < -0.39 is 9.84 Å². The third-order valence-corrected chi connectivity index (χ3v) is 7.34. The van der Waals surface area contributed by atoms with Gasteiger partial charge in [-0.2, -0.15) is 0 Å². The van der Waals surface area contributed by atoms with Crippen LogP contribution in [0.4, 0.5) is 0 Å². The van der Waals surface area contributed by atoms with Crippen LogP contribution in [0.3, 0.4) is 0 Å². The molecule has 0 aromatic heterocycles. The van der Waals surface area contributed by atoms with Crippen molar-refractivity contribution >= 4 is 25.8 Å². The second-order valence-electron chi connectivity index (χ2n) is 5.76. The topological polar surface area (TPSA) is 34.1 Å². The van der Waals surface area contributed by atoms with E-state index in [0.29, 0.717) is 16.3 Å². The van der Waals surface area contributed by atoms with Gasteiger partial charge in [-0.25, -0.2) is 8.42 Å². The average molecular weight is 305 g/mol. The highest BCUT2D eigenvalue weighted by Crippen LogP contribution is 2.62. The highest BCUT2D eigenvalue weighted by atomic mass is 79.9. The van der Waals surface area contributed by atoms with Crippen LogP contribution in [0.15, 0.2) is 12.2 Å². The van der Waals surface area contributed by atoms with Gasteiger partial charge >= 0.3 is 0 Å². The van der Waals surface area contributed by atoms with Crippen LogP contribution in [0.5, 0.6) is 0 Å². The first kappa shape index (κ1) is 11.3. The van der Waals surface area contributed by atoms with E-state index in [-0.39, 0.29) is 10.8 Å². The van der Waals surface area contributed by atoms with Gasteiger partial charge in [-0.1, -0.05) is 40.9 Å². The zero-order valence-corrected chi connectivity index (χ0v) is 11.7. The van der Waals surface area contributed by atoms with Crippen LogP contribution in [0.25, 0.3) is 0 Å². The van der Waals surface area contributed by atoms with E-state index in [4.69, 9.17) is 0 Å². The van der Waals surface area contributed by atoms with Crippen molar-refractivity contribution < 1.29 is 8.42 Å². The predicted octanol–water partition coefficient (Wildman–Crippen LogP) is 2.69. The van der Waals surface area contributed by atoms with Gasteiger partial charge in [0.05, 0.1) is 11.5 Å². The molecule has 0 unspecified atom stereocenters. The van der Waals surface area contributed by atoms with E-state index in [1.54, 1.807) is 0 Å². The molecule has 2 nitrogen and oxygen atoms in total. The summed E-state index contributed by atoms with van der Waals surface area (Å²) >= 11 is 3.63. The van der Waals surface area contributed by atoms with E-state index in [9.17, 15) is 8.42 Å². The van der Waals surface area contributed by atoms with Crippen LogP contribution in [0.1, 0.15) is 32.1 Å². The third-order valence-electron chi connectivity index (χ3n) is 4.77. The van der Waals surface area contributed by atoms with Crippen LogP contribution in [-0.4, -0.2) is 24.8 Å². The lowest BCUT2D eigenvalue weighted by atomic mass is 9.54. The Kier molecular flexibility index (Phi) is 2.36. The Morgan fingerprint density at radius 2 is 1.94 bits per heavy atom. The molecule has 0 aromatic rings. The molecule has 16 heavy (non-hydrogen) atoms. The van der Waals surface area contributed by atoms with Crippen LogP contribution >= 0.6 is 15.9 Å². The third kappa shape index (κ3) is 1.45. The van der Waals surface area contributed by atoms with E-state index in [1.807, 2.05) is 0 Å². The van der Waals surface area contributed by atoms with Gasteiger partial charge in [0, 0.05) is 10.2 Å². The van der Waals surface area contributed by atoms with E-state index >= 15 is 0 Å². The van der Waals surface area contributed by atoms with Crippen LogP contribution in [0.2, 0.25) is 0 Å². The summed E-state index contributed by atoms with van der Waals surface area (Å²) in [7, 11) is -2.83. The van der Waals surface area contributed by atoms with Crippen molar-refractivity contribution in [2.24, 2.45) is 10.8 Å². The molecule has 3 rings (SSSR count). The molecule has 0 amide bonds. The Morgan fingerprint density at radius 3 is 2.75 bits per heavy atom. The fourth-order valence-electron chi connectivity index (χ4n) is 4.13. The van der Waals surface area contributed by atoms with Gasteiger partial charge in [-0.15, -0.1) is 0 Å². The molecule has 0 spiro atoms. The molecule has 2 aliphatic carbocycles. The van der Waals surface area contributed by atoms with Crippen molar-refractivity contribution in [2.75, 3.05) is 11.5 Å². The number of hydrogen-bond acceptors (Lipinski definition) is 2. The molecule has 3 aliphatic rings. The van der Waals surface area contributed by atoms with E-state index in [0.717, 1.165) is 19.3 Å². The average Bonchev–Trinajstić information content (AvgIpc) is 2.42. The number of sulfone groups is 1. The summed E-state index contributed by atoms with van der Waals surface area (Å²) in [4.78, 5) is 0.368. The molecule has 4 heteroatoms. The van der Waals surface area contributed by atoms with Crippen LogP contribution < -0.4 is 0 Å². The Balaban J connectivity index is 2.13. The quantitative estimate of drug-likeness (QED) is 0.509. The maximum Gasteiger partial charge on any atom is 0.151 e. The smallest absolute Gasteiger partial charge is 0.151 e. The standard InChI is InChI=1S/C12H17BrO2S/c13-10-3-6-11-4-1-2-5-12(11,7-10)9-16(14,15)8-11/h3,6,10H,1-2,4-5,7-9H2/t10-,11+,12-/m1/s1. The summed E-state index contributed by atoms with van der Waals surface area (Å²) in [6.07, 6.45) is 9.95. The summed E-state index contributed by atoms with van der Waals surface area (Å²) in [6, 6.07) is 0. The second-order valence-corrected chi connectivity index (χ2v) is 9.00. The van der Waals surface area contributed by atoms with Gasteiger partial charge in [0.15, 0.2) is 9.84 Å². The summed E-state index contributed by atoms with van der Waals surface area (Å²) in [6.45, 7) is 0. The molecule has 0 bridgehead atoms. The Labute approximate surface area is 106 Å². The van der Waals surface area contributed by atoms with Crippen molar-refractivity contribution in [2.45, 2.75) is 36.9 Å². The minimum atomic E-state index is -2.83. The minimum Gasteiger partial charge on any atom is -0.229 e. The predicted molar refractivity (Wildman–Crippen MR) is 68.5 cm³/mol. The largest absolute Gasteiger partial charge is 0.229 e. The molecule has 1 heterocycles. The van der Waals surface area contributed by atoms with Gasteiger partial charge in [-0.05, 0) is 24.7 Å². The molecule has 1 aliphatic heterocycles. The van der Waals surface area contributed by atoms with Crippen molar-refractivity contribution in [1.82, 2.24) is 0 Å².